The molecule has 0 radical (unpaired) electrons. The summed E-state index contributed by atoms with van der Waals surface area (Å²) in [5.41, 5.74) is 2.82. The third-order valence-electron chi connectivity index (χ3n) is 4.22. The predicted octanol–water partition coefficient (Wildman–Crippen LogP) is 3.37. The van der Waals surface area contributed by atoms with Crippen molar-refractivity contribution in [3.63, 3.8) is 0 Å². The van der Waals surface area contributed by atoms with Gasteiger partial charge in [0.2, 0.25) is 0 Å². The third-order valence-corrected chi connectivity index (χ3v) is 4.22. The van der Waals surface area contributed by atoms with Crippen molar-refractivity contribution in [3.05, 3.63) is 76.5 Å². The van der Waals surface area contributed by atoms with E-state index in [4.69, 9.17) is 4.74 Å². The number of aryl methyl sites for hydroxylation is 2. The number of carbonyl (C=O) groups is 1. The Morgan fingerprint density at radius 1 is 1.14 bits per heavy atom. The highest BCUT2D eigenvalue weighted by molar-refractivity contribution is 5.91. The molecule has 0 bridgehead atoms. The number of H-pyrrole nitrogens is 1. The van der Waals surface area contributed by atoms with Gasteiger partial charge >= 0.3 is 11.7 Å². The Morgan fingerprint density at radius 3 is 2.71 bits per heavy atom. The Bertz CT molecular complexity index is 1010. The van der Waals surface area contributed by atoms with Crippen LogP contribution in [0.25, 0.3) is 5.69 Å². The lowest BCUT2D eigenvalue weighted by molar-refractivity contribution is 0.250. The molecule has 0 aliphatic carbocycles. The fourth-order valence-corrected chi connectivity index (χ4v) is 2.86. The summed E-state index contributed by atoms with van der Waals surface area (Å²) in [6, 6.07) is 14.7. The molecule has 7 nitrogen and oxygen atoms in total. The molecule has 1 heterocycles. The van der Waals surface area contributed by atoms with Crippen molar-refractivity contribution in [2.45, 2.75) is 20.3 Å². The van der Waals surface area contributed by atoms with Gasteiger partial charge in [-0.2, -0.15) is 0 Å². The number of amides is 2. The topological polar surface area (TPSA) is 88.2 Å². The summed E-state index contributed by atoms with van der Waals surface area (Å²) >= 11 is 0. The average Bonchev–Trinajstić information content (AvgIpc) is 3.00. The molecule has 28 heavy (non-hydrogen) atoms. The van der Waals surface area contributed by atoms with Gasteiger partial charge < -0.3 is 20.4 Å². The van der Waals surface area contributed by atoms with Gasteiger partial charge in [-0.15, -0.1) is 0 Å². The number of ether oxygens (including phenoxy) is 1. The molecular formula is C21H24N4O3. The number of imidazole rings is 1. The monoisotopic (exact) mass is 380 g/mol. The second-order valence-corrected chi connectivity index (χ2v) is 6.49. The molecule has 2 aromatic carbocycles. The Balaban J connectivity index is 1.51. The zero-order valence-corrected chi connectivity index (χ0v) is 16.0. The van der Waals surface area contributed by atoms with E-state index in [9.17, 15) is 9.59 Å². The molecule has 0 aliphatic rings. The molecule has 0 spiro atoms. The van der Waals surface area contributed by atoms with Crippen LogP contribution in [0.4, 0.5) is 10.5 Å². The van der Waals surface area contributed by atoms with E-state index >= 15 is 0 Å². The molecule has 0 saturated carbocycles. The number of aromatic nitrogens is 2. The van der Waals surface area contributed by atoms with Crippen molar-refractivity contribution in [1.82, 2.24) is 14.9 Å². The first-order chi connectivity index (χ1) is 13.5. The first kappa shape index (κ1) is 19.3. The van der Waals surface area contributed by atoms with E-state index < -0.39 is 0 Å². The van der Waals surface area contributed by atoms with Gasteiger partial charge in [0, 0.05) is 18.4 Å². The number of nitrogens with one attached hydrogen (secondary N) is 3. The van der Waals surface area contributed by atoms with Crippen molar-refractivity contribution in [2.75, 3.05) is 18.5 Å². The van der Waals surface area contributed by atoms with Crippen molar-refractivity contribution >= 4 is 11.7 Å². The first-order valence-electron chi connectivity index (χ1n) is 9.15. The molecule has 1 aromatic heterocycles. The molecule has 146 valence electrons. The number of nitrogens with zero attached hydrogens (tertiary/aromatic N) is 1. The van der Waals surface area contributed by atoms with E-state index in [1.165, 1.54) is 4.57 Å². The molecule has 3 aromatic rings. The Morgan fingerprint density at radius 2 is 1.96 bits per heavy atom. The lowest BCUT2D eigenvalue weighted by Crippen LogP contribution is -2.31. The lowest BCUT2D eigenvalue weighted by atomic mass is 10.2. The van der Waals surface area contributed by atoms with Crippen LogP contribution >= 0.6 is 0 Å². The number of anilines is 1. The van der Waals surface area contributed by atoms with E-state index in [1.807, 2.05) is 50.2 Å². The number of hydrogen-bond acceptors (Lipinski definition) is 3. The molecule has 3 rings (SSSR count). The van der Waals surface area contributed by atoms with Crippen molar-refractivity contribution < 1.29 is 9.53 Å². The fraction of sp³-hybridized carbons (Fsp3) is 0.238. The number of benzene rings is 2. The highest BCUT2D eigenvalue weighted by Gasteiger charge is 2.11. The minimum absolute atomic E-state index is 0.250. The molecule has 0 aliphatic heterocycles. The Labute approximate surface area is 163 Å². The van der Waals surface area contributed by atoms with Crippen LogP contribution < -0.4 is 21.1 Å². The van der Waals surface area contributed by atoms with Crippen LogP contribution in [0, 0.1) is 13.8 Å². The normalized spacial score (nSPS) is 10.5. The molecule has 7 heteroatoms. The zero-order valence-electron chi connectivity index (χ0n) is 16.0. The van der Waals surface area contributed by atoms with Crippen molar-refractivity contribution in [3.8, 4) is 11.4 Å². The van der Waals surface area contributed by atoms with Crippen molar-refractivity contribution in [2.24, 2.45) is 0 Å². The molecule has 3 N–H and O–H groups in total. The van der Waals surface area contributed by atoms with Crippen LogP contribution in [0.15, 0.2) is 59.5 Å². The van der Waals surface area contributed by atoms with Gasteiger partial charge in [0.25, 0.3) is 0 Å². The molecule has 0 unspecified atom stereocenters. The summed E-state index contributed by atoms with van der Waals surface area (Å²) in [7, 11) is 0. The lowest BCUT2D eigenvalue weighted by Gasteiger charge is -2.13. The van der Waals surface area contributed by atoms with Gasteiger partial charge in [0.1, 0.15) is 5.75 Å². The highest BCUT2D eigenvalue weighted by atomic mass is 16.5. The molecule has 0 atom stereocenters. The van der Waals surface area contributed by atoms with Crippen LogP contribution in [-0.2, 0) is 0 Å². The number of hydrogen-bond donors (Lipinski definition) is 3. The quantitative estimate of drug-likeness (QED) is 0.549. The second kappa shape index (κ2) is 8.94. The Kier molecular flexibility index (Phi) is 6.16. The largest absolute Gasteiger partial charge is 0.494 e. The molecular weight excluding hydrogens is 356 g/mol. The SMILES string of the molecule is Cc1cccc(OCCCNC(=O)Nc2ccccc2-n2c(C)c[nH]c2=O)c1. The average molecular weight is 380 g/mol. The number of carbonyl (C=O) groups excluding carboxylic acids is 1. The van der Waals surface area contributed by atoms with Gasteiger partial charge in [-0.25, -0.2) is 9.59 Å². The Hall–Kier alpha value is -3.48. The van der Waals surface area contributed by atoms with E-state index in [0.29, 0.717) is 30.9 Å². The first-order valence-corrected chi connectivity index (χ1v) is 9.15. The van der Waals surface area contributed by atoms with Crippen LogP contribution in [0.2, 0.25) is 0 Å². The van der Waals surface area contributed by atoms with Gasteiger partial charge in [-0.3, -0.25) is 4.57 Å². The van der Waals surface area contributed by atoms with Gasteiger partial charge in [0.05, 0.1) is 18.0 Å². The smallest absolute Gasteiger partial charge is 0.330 e. The van der Waals surface area contributed by atoms with Crippen LogP contribution in [0.5, 0.6) is 5.75 Å². The summed E-state index contributed by atoms with van der Waals surface area (Å²) in [6.07, 6.45) is 2.31. The fourth-order valence-electron chi connectivity index (χ4n) is 2.86. The summed E-state index contributed by atoms with van der Waals surface area (Å²) in [5.74, 6) is 0.825. The van der Waals surface area contributed by atoms with Gasteiger partial charge in [-0.1, -0.05) is 24.3 Å². The number of aromatic amines is 1. The number of rotatable bonds is 7. The summed E-state index contributed by atoms with van der Waals surface area (Å²) in [6.45, 7) is 4.82. The van der Waals surface area contributed by atoms with Crippen LogP contribution in [-0.4, -0.2) is 28.7 Å². The van der Waals surface area contributed by atoms with Crippen LogP contribution in [0.3, 0.4) is 0 Å². The summed E-state index contributed by atoms with van der Waals surface area (Å²) in [4.78, 5) is 26.9. The van der Waals surface area contributed by atoms with Gasteiger partial charge in [-0.05, 0) is 50.1 Å². The molecule has 0 fully saturated rings. The maximum Gasteiger partial charge on any atom is 0.330 e. The minimum Gasteiger partial charge on any atom is -0.494 e. The summed E-state index contributed by atoms with van der Waals surface area (Å²) < 4.78 is 7.19. The maximum atomic E-state index is 12.2. The van der Waals surface area contributed by atoms with E-state index in [2.05, 4.69) is 15.6 Å². The van der Waals surface area contributed by atoms with Crippen LogP contribution in [0.1, 0.15) is 17.7 Å². The van der Waals surface area contributed by atoms with E-state index in [1.54, 1.807) is 18.3 Å². The second-order valence-electron chi connectivity index (χ2n) is 6.49. The molecule has 2 amide bonds. The summed E-state index contributed by atoms with van der Waals surface area (Å²) in [5, 5.41) is 5.61. The van der Waals surface area contributed by atoms with E-state index in [0.717, 1.165) is 17.0 Å². The number of para-hydroxylation sites is 2. The highest BCUT2D eigenvalue weighted by Crippen LogP contribution is 2.19. The maximum absolute atomic E-state index is 12.2. The predicted molar refractivity (Wildman–Crippen MR) is 109 cm³/mol. The van der Waals surface area contributed by atoms with Gasteiger partial charge in [0.15, 0.2) is 0 Å². The van der Waals surface area contributed by atoms with E-state index in [-0.39, 0.29) is 11.7 Å². The number of urea groups is 1. The minimum atomic E-state index is -0.329. The third kappa shape index (κ3) is 4.82. The zero-order chi connectivity index (χ0) is 19.9. The molecule has 0 saturated heterocycles. The van der Waals surface area contributed by atoms with Crippen molar-refractivity contribution in [1.29, 1.82) is 0 Å². The standard InChI is InChI=1S/C21H24N4O3/c1-15-7-5-8-17(13-15)28-12-6-11-22-20(26)24-18-9-3-4-10-19(18)25-16(2)14-23-21(25)27/h3-5,7-10,13-14H,6,11-12H2,1-2H3,(H,23,27)(H2,22,24,26).